The van der Waals surface area contributed by atoms with E-state index < -0.39 is 0 Å². The van der Waals surface area contributed by atoms with Gasteiger partial charge in [0.1, 0.15) is 6.04 Å². The normalized spacial score (nSPS) is 23.2. The van der Waals surface area contributed by atoms with Gasteiger partial charge in [-0.05, 0) is 12.5 Å². The van der Waals surface area contributed by atoms with Crippen LogP contribution in [-0.2, 0) is 4.79 Å². The number of nitrogens with one attached hydrogen (secondary N) is 1. The molecule has 2 rings (SSSR count). The smallest absolute Gasteiger partial charge is 0.236 e. The Bertz CT molecular complexity index is 380. The van der Waals surface area contributed by atoms with Crippen LogP contribution >= 0.6 is 0 Å². The van der Waals surface area contributed by atoms with E-state index in [1.807, 2.05) is 18.2 Å². The lowest BCUT2D eigenvalue weighted by atomic mass is 10.0. The SMILES string of the molecule is CC(c1ccccc1)N1CCNCC1C(N)=O. The minimum Gasteiger partial charge on any atom is -0.368 e. The summed E-state index contributed by atoms with van der Waals surface area (Å²) in [7, 11) is 0. The van der Waals surface area contributed by atoms with E-state index in [1.54, 1.807) is 0 Å². The highest BCUT2D eigenvalue weighted by atomic mass is 16.1. The molecule has 3 N–H and O–H groups in total. The predicted molar refractivity (Wildman–Crippen MR) is 67.4 cm³/mol. The Morgan fingerprint density at radius 3 is 2.82 bits per heavy atom. The molecule has 17 heavy (non-hydrogen) atoms. The van der Waals surface area contributed by atoms with Crippen LogP contribution in [0.5, 0.6) is 0 Å². The molecular weight excluding hydrogens is 214 g/mol. The number of carbonyl (C=O) groups is 1. The lowest BCUT2D eigenvalue weighted by molar-refractivity contribution is -0.124. The molecule has 0 spiro atoms. The molecule has 1 aromatic carbocycles. The van der Waals surface area contributed by atoms with Crippen molar-refractivity contribution in [2.45, 2.75) is 19.0 Å². The van der Waals surface area contributed by atoms with Gasteiger partial charge in [-0.3, -0.25) is 9.69 Å². The third-order valence-electron chi connectivity index (χ3n) is 3.39. The Hall–Kier alpha value is -1.39. The van der Waals surface area contributed by atoms with E-state index in [0.717, 1.165) is 13.1 Å². The number of carbonyl (C=O) groups excluding carboxylic acids is 1. The molecule has 1 saturated heterocycles. The van der Waals surface area contributed by atoms with Gasteiger partial charge in [0.05, 0.1) is 0 Å². The van der Waals surface area contributed by atoms with Gasteiger partial charge in [0.25, 0.3) is 0 Å². The molecule has 4 heteroatoms. The number of amides is 1. The van der Waals surface area contributed by atoms with Gasteiger partial charge in [-0.25, -0.2) is 0 Å². The van der Waals surface area contributed by atoms with Gasteiger partial charge in [-0.15, -0.1) is 0 Å². The first-order valence-corrected chi connectivity index (χ1v) is 6.01. The minimum atomic E-state index is -0.250. The van der Waals surface area contributed by atoms with Gasteiger partial charge in [-0.1, -0.05) is 30.3 Å². The molecule has 1 aromatic rings. The lowest BCUT2D eigenvalue weighted by Crippen LogP contribution is -2.57. The number of piperazine rings is 1. The molecule has 0 bridgehead atoms. The highest BCUT2D eigenvalue weighted by Crippen LogP contribution is 2.22. The molecule has 1 heterocycles. The second kappa shape index (κ2) is 5.29. The van der Waals surface area contributed by atoms with Crippen molar-refractivity contribution < 1.29 is 4.79 Å². The first-order valence-electron chi connectivity index (χ1n) is 6.01. The Kier molecular flexibility index (Phi) is 3.76. The summed E-state index contributed by atoms with van der Waals surface area (Å²) in [6, 6.07) is 10.2. The summed E-state index contributed by atoms with van der Waals surface area (Å²) in [5.74, 6) is -0.250. The molecule has 2 unspecified atom stereocenters. The van der Waals surface area contributed by atoms with Crippen LogP contribution in [0.2, 0.25) is 0 Å². The van der Waals surface area contributed by atoms with Gasteiger partial charge in [0.2, 0.25) is 5.91 Å². The third kappa shape index (κ3) is 2.65. The molecule has 1 aliphatic heterocycles. The van der Waals surface area contributed by atoms with E-state index in [2.05, 4.69) is 29.3 Å². The van der Waals surface area contributed by atoms with Gasteiger partial charge in [-0.2, -0.15) is 0 Å². The number of rotatable bonds is 3. The summed E-state index contributed by atoms with van der Waals surface area (Å²) in [4.78, 5) is 13.6. The van der Waals surface area contributed by atoms with E-state index in [9.17, 15) is 4.79 Å². The summed E-state index contributed by atoms with van der Waals surface area (Å²) in [6.45, 7) is 4.52. The second-order valence-corrected chi connectivity index (χ2v) is 4.45. The maximum Gasteiger partial charge on any atom is 0.236 e. The zero-order chi connectivity index (χ0) is 12.3. The molecule has 92 valence electrons. The fourth-order valence-electron chi connectivity index (χ4n) is 2.37. The quantitative estimate of drug-likeness (QED) is 0.799. The second-order valence-electron chi connectivity index (χ2n) is 4.45. The highest BCUT2D eigenvalue weighted by Gasteiger charge is 2.30. The summed E-state index contributed by atoms with van der Waals surface area (Å²) in [6.07, 6.45) is 0. The van der Waals surface area contributed by atoms with E-state index in [1.165, 1.54) is 5.56 Å². The molecule has 4 nitrogen and oxygen atoms in total. The Labute approximate surface area is 102 Å². The summed E-state index contributed by atoms with van der Waals surface area (Å²) in [5, 5.41) is 3.21. The first-order chi connectivity index (χ1) is 8.20. The van der Waals surface area contributed by atoms with E-state index >= 15 is 0 Å². The molecule has 0 aliphatic carbocycles. The monoisotopic (exact) mass is 233 g/mol. The summed E-state index contributed by atoms with van der Waals surface area (Å²) in [5.41, 5.74) is 6.68. The zero-order valence-electron chi connectivity index (χ0n) is 10.1. The maximum absolute atomic E-state index is 11.4. The van der Waals surface area contributed by atoms with E-state index in [-0.39, 0.29) is 18.0 Å². The molecule has 2 atom stereocenters. The van der Waals surface area contributed by atoms with Crippen molar-refractivity contribution in [1.82, 2.24) is 10.2 Å². The zero-order valence-corrected chi connectivity index (χ0v) is 10.1. The number of nitrogens with two attached hydrogens (primary N) is 1. The number of hydrogen-bond donors (Lipinski definition) is 2. The van der Waals surface area contributed by atoms with Crippen LogP contribution < -0.4 is 11.1 Å². The largest absolute Gasteiger partial charge is 0.368 e. The predicted octanol–water partition coefficient (Wildman–Crippen LogP) is 0.507. The highest BCUT2D eigenvalue weighted by molar-refractivity contribution is 5.80. The molecule has 0 aromatic heterocycles. The van der Waals surface area contributed by atoms with Crippen molar-refractivity contribution in [2.24, 2.45) is 5.73 Å². The van der Waals surface area contributed by atoms with Crippen LogP contribution in [0.4, 0.5) is 0 Å². The third-order valence-corrected chi connectivity index (χ3v) is 3.39. The molecule has 1 aliphatic rings. The van der Waals surface area contributed by atoms with Crippen molar-refractivity contribution in [3.63, 3.8) is 0 Å². The number of nitrogens with zero attached hydrogens (tertiary/aromatic N) is 1. The van der Waals surface area contributed by atoms with Crippen LogP contribution in [0.25, 0.3) is 0 Å². The van der Waals surface area contributed by atoms with Crippen molar-refractivity contribution in [3.05, 3.63) is 35.9 Å². The molecule has 0 saturated carbocycles. The fourth-order valence-corrected chi connectivity index (χ4v) is 2.37. The Morgan fingerprint density at radius 2 is 2.18 bits per heavy atom. The van der Waals surface area contributed by atoms with Crippen molar-refractivity contribution in [3.8, 4) is 0 Å². The van der Waals surface area contributed by atoms with Crippen molar-refractivity contribution >= 4 is 5.91 Å². The standard InChI is InChI=1S/C13H19N3O/c1-10(11-5-3-2-4-6-11)16-8-7-15-9-12(16)13(14)17/h2-6,10,12,15H,7-9H2,1H3,(H2,14,17). The lowest BCUT2D eigenvalue weighted by Gasteiger charge is -2.38. The number of primary amides is 1. The van der Waals surface area contributed by atoms with Crippen LogP contribution in [0.15, 0.2) is 30.3 Å². The number of hydrogen-bond acceptors (Lipinski definition) is 3. The average Bonchev–Trinajstić information content (AvgIpc) is 2.39. The summed E-state index contributed by atoms with van der Waals surface area (Å²) < 4.78 is 0. The van der Waals surface area contributed by atoms with E-state index in [0.29, 0.717) is 6.54 Å². The molecule has 0 radical (unpaired) electrons. The van der Waals surface area contributed by atoms with Crippen molar-refractivity contribution in [1.29, 1.82) is 0 Å². The number of benzene rings is 1. The fraction of sp³-hybridized carbons (Fsp3) is 0.462. The van der Waals surface area contributed by atoms with Gasteiger partial charge >= 0.3 is 0 Å². The Balaban J connectivity index is 2.16. The minimum absolute atomic E-state index is 0.209. The van der Waals surface area contributed by atoms with Gasteiger partial charge < -0.3 is 11.1 Å². The van der Waals surface area contributed by atoms with Crippen LogP contribution in [-0.4, -0.2) is 36.5 Å². The maximum atomic E-state index is 11.4. The van der Waals surface area contributed by atoms with Gasteiger partial charge in [0, 0.05) is 25.7 Å². The van der Waals surface area contributed by atoms with Crippen LogP contribution in [0, 0.1) is 0 Å². The van der Waals surface area contributed by atoms with Crippen LogP contribution in [0.1, 0.15) is 18.5 Å². The van der Waals surface area contributed by atoms with Crippen LogP contribution in [0.3, 0.4) is 0 Å². The summed E-state index contributed by atoms with van der Waals surface area (Å²) >= 11 is 0. The first kappa shape index (κ1) is 12.1. The average molecular weight is 233 g/mol. The van der Waals surface area contributed by atoms with Crippen molar-refractivity contribution in [2.75, 3.05) is 19.6 Å². The van der Waals surface area contributed by atoms with Gasteiger partial charge in [0.15, 0.2) is 0 Å². The molecule has 1 fully saturated rings. The Morgan fingerprint density at radius 1 is 1.47 bits per heavy atom. The van der Waals surface area contributed by atoms with E-state index in [4.69, 9.17) is 5.73 Å². The topological polar surface area (TPSA) is 58.4 Å². The molecule has 1 amide bonds. The molecular formula is C13H19N3O.